The predicted molar refractivity (Wildman–Crippen MR) is 62.4 cm³/mol. The summed E-state index contributed by atoms with van der Waals surface area (Å²) in [6, 6.07) is 5.71. The Balaban J connectivity index is 2.04. The number of anilines is 1. The largest absolute Gasteiger partial charge is 0.366 e. The van der Waals surface area contributed by atoms with Crippen LogP contribution in [0.15, 0.2) is 18.2 Å². The van der Waals surface area contributed by atoms with Crippen LogP contribution in [0.3, 0.4) is 0 Å². The van der Waals surface area contributed by atoms with Crippen LogP contribution in [0, 0.1) is 17.1 Å². The van der Waals surface area contributed by atoms with Crippen molar-refractivity contribution in [3.05, 3.63) is 29.6 Å². The van der Waals surface area contributed by atoms with E-state index in [0.717, 1.165) is 6.07 Å². The number of hydrogen-bond acceptors (Lipinski definition) is 4. The topological polar surface area (TPSA) is 74.2 Å². The van der Waals surface area contributed by atoms with Gasteiger partial charge in [0.25, 0.3) is 5.91 Å². The molecule has 0 aliphatic carbocycles. The van der Waals surface area contributed by atoms with Crippen LogP contribution in [-0.4, -0.2) is 31.7 Å². The summed E-state index contributed by atoms with van der Waals surface area (Å²) in [5.74, 6) is -1.03. The minimum Gasteiger partial charge on any atom is -0.366 e. The standard InChI is InChI=1S/C12H12FN3O2/c13-9-5-8(6-14)1-2-10(9)16-12(17)11-7-15-3-4-18-11/h1-2,5,11,15H,3-4,7H2,(H,16,17). The van der Waals surface area contributed by atoms with Crippen molar-refractivity contribution in [1.82, 2.24) is 5.32 Å². The second-order valence-corrected chi connectivity index (χ2v) is 3.86. The normalized spacial score (nSPS) is 19.0. The van der Waals surface area contributed by atoms with Crippen molar-refractivity contribution in [3.8, 4) is 6.07 Å². The van der Waals surface area contributed by atoms with Crippen LogP contribution in [-0.2, 0) is 9.53 Å². The van der Waals surface area contributed by atoms with E-state index in [1.165, 1.54) is 12.1 Å². The fraction of sp³-hybridized carbons (Fsp3) is 0.333. The SMILES string of the molecule is N#Cc1ccc(NC(=O)C2CNCCO2)c(F)c1. The van der Waals surface area contributed by atoms with Crippen molar-refractivity contribution in [1.29, 1.82) is 5.26 Å². The van der Waals surface area contributed by atoms with Gasteiger partial charge in [-0.2, -0.15) is 5.26 Å². The fourth-order valence-corrected chi connectivity index (χ4v) is 1.63. The predicted octanol–water partition coefficient (Wildman–Crippen LogP) is 0.624. The second-order valence-electron chi connectivity index (χ2n) is 3.86. The molecule has 1 saturated heterocycles. The molecule has 0 aromatic heterocycles. The molecule has 2 N–H and O–H groups in total. The average Bonchev–Trinajstić information content (AvgIpc) is 2.42. The quantitative estimate of drug-likeness (QED) is 0.806. The maximum absolute atomic E-state index is 13.5. The molecule has 18 heavy (non-hydrogen) atoms. The van der Waals surface area contributed by atoms with Crippen LogP contribution < -0.4 is 10.6 Å². The number of rotatable bonds is 2. The van der Waals surface area contributed by atoms with Gasteiger partial charge in [0, 0.05) is 13.1 Å². The number of nitriles is 1. The third-order valence-corrected chi connectivity index (χ3v) is 2.58. The lowest BCUT2D eigenvalue weighted by atomic mass is 10.2. The van der Waals surface area contributed by atoms with Gasteiger partial charge in [0.2, 0.25) is 0 Å². The molecule has 1 atom stereocenters. The fourth-order valence-electron chi connectivity index (χ4n) is 1.63. The number of carbonyl (C=O) groups is 1. The highest BCUT2D eigenvalue weighted by Gasteiger charge is 2.22. The summed E-state index contributed by atoms with van der Waals surface area (Å²) in [7, 11) is 0. The van der Waals surface area contributed by atoms with E-state index >= 15 is 0 Å². The monoisotopic (exact) mass is 249 g/mol. The van der Waals surface area contributed by atoms with E-state index in [9.17, 15) is 9.18 Å². The van der Waals surface area contributed by atoms with Crippen molar-refractivity contribution in [2.24, 2.45) is 0 Å². The molecule has 0 radical (unpaired) electrons. The first-order valence-corrected chi connectivity index (χ1v) is 5.53. The Labute approximate surface area is 104 Å². The van der Waals surface area contributed by atoms with E-state index in [1.807, 2.05) is 6.07 Å². The van der Waals surface area contributed by atoms with Gasteiger partial charge in [0.15, 0.2) is 0 Å². The van der Waals surface area contributed by atoms with Crippen molar-refractivity contribution < 1.29 is 13.9 Å². The Bertz CT molecular complexity index is 493. The molecule has 0 spiro atoms. The molecule has 1 heterocycles. The maximum Gasteiger partial charge on any atom is 0.254 e. The number of carbonyl (C=O) groups excluding carboxylic acids is 1. The van der Waals surface area contributed by atoms with Gasteiger partial charge >= 0.3 is 0 Å². The van der Waals surface area contributed by atoms with E-state index < -0.39 is 17.8 Å². The summed E-state index contributed by atoms with van der Waals surface area (Å²) in [5, 5.41) is 14.1. The van der Waals surface area contributed by atoms with E-state index in [0.29, 0.717) is 19.7 Å². The van der Waals surface area contributed by atoms with Crippen molar-refractivity contribution >= 4 is 11.6 Å². The number of amides is 1. The molecule has 0 bridgehead atoms. The van der Waals surface area contributed by atoms with Gasteiger partial charge in [0.05, 0.1) is 23.9 Å². The highest BCUT2D eigenvalue weighted by Crippen LogP contribution is 2.16. The maximum atomic E-state index is 13.5. The highest BCUT2D eigenvalue weighted by molar-refractivity contribution is 5.94. The number of halogens is 1. The minimum atomic E-state index is -0.633. The number of nitrogens with zero attached hydrogens (tertiary/aromatic N) is 1. The van der Waals surface area contributed by atoms with E-state index in [-0.39, 0.29) is 11.3 Å². The summed E-state index contributed by atoms with van der Waals surface area (Å²) in [5.41, 5.74) is 0.259. The first-order chi connectivity index (χ1) is 8.70. The number of nitrogens with one attached hydrogen (secondary N) is 2. The molecule has 1 fully saturated rings. The summed E-state index contributed by atoms with van der Waals surface area (Å²) >= 11 is 0. The molecule has 0 saturated carbocycles. The molecule has 6 heteroatoms. The van der Waals surface area contributed by atoms with Gasteiger partial charge in [-0.05, 0) is 18.2 Å². The Morgan fingerprint density at radius 3 is 3.06 bits per heavy atom. The zero-order valence-corrected chi connectivity index (χ0v) is 9.57. The summed E-state index contributed by atoms with van der Waals surface area (Å²) in [4.78, 5) is 11.8. The van der Waals surface area contributed by atoms with E-state index in [4.69, 9.17) is 10.00 Å². The molecule has 1 amide bonds. The molecule has 5 nitrogen and oxygen atoms in total. The number of ether oxygens (including phenoxy) is 1. The Kier molecular flexibility index (Phi) is 3.87. The van der Waals surface area contributed by atoms with Crippen LogP contribution in [0.4, 0.5) is 10.1 Å². The number of morpholine rings is 1. The van der Waals surface area contributed by atoms with E-state index in [2.05, 4.69) is 10.6 Å². The van der Waals surface area contributed by atoms with E-state index in [1.54, 1.807) is 0 Å². The molecule has 1 unspecified atom stereocenters. The third-order valence-electron chi connectivity index (χ3n) is 2.58. The van der Waals surface area contributed by atoms with Crippen molar-refractivity contribution in [3.63, 3.8) is 0 Å². The highest BCUT2D eigenvalue weighted by atomic mass is 19.1. The lowest BCUT2D eigenvalue weighted by Gasteiger charge is -2.22. The Morgan fingerprint density at radius 2 is 2.44 bits per heavy atom. The minimum absolute atomic E-state index is 0.0492. The average molecular weight is 249 g/mol. The van der Waals surface area contributed by atoms with Crippen molar-refractivity contribution in [2.45, 2.75) is 6.10 Å². The molecule has 1 aliphatic rings. The van der Waals surface area contributed by atoms with Crippen LogP contribution in [0.25, 0.3) is 0 Å². The first-order valence-electron chi connectivity index (χ1n) is 5.53. The zero-order chi connectivity index (χ0) is 13.0. The lowest BCUT2D eigenvalue weighted by molar-refractivity contribution is -0.128. The molecule has 2 rings (SSSR count). The zero-order valence-electron chi connectivity index (χ0n) is 9.57. The molecule has 1 aromatic carbocycles. The van der Waals surface area contributed by atoms with Crippen LogP contribution in [0.1, 0.15) is 5.56 Å². The van der Waals surface area contributed by atoms with Crippen LogP contribution >= 0.6 is 0 Å². The third kappa shape index (κ3) is 2.83. The van der Waals surface area contributed by atoms with Crippen molar-refractivity contribution in [2.75, 3.05) is 25.0 Å². The molecular formula is C12H12FN3O2. The molecule has 1 aromatic rings. The van der Waals surface area contributed by atoms with Crippen LogP contribution in [0.5, 0.6) is 0 Å². The molecule has 94 valence electrons. The van der Waals surface area contributed by atoms with Gasteiger partial charge in [-0.25, -0.2) is 4.39 Å². The van der Waals surface area contributed by atoms with Gasteiger partial charge in [-0.3, -0.25) is 4.79 Å². The molecule has 1 aliphatic heterocycles. The lowest BCUT2D eigenvalue weighted by Crippen LogP contribution is -2.45. The number of benzene rings is 1. The van der Waals surface area contributed by atoms with Gasteiger partial charge in [-0.1, -0.05) is 0 Å². The van der Waals surface area contributed by atoms with Gasteiger partial charge in [0.1, 0.15) is 11.9 Å². The Hall–Kier alpha value is -1.97. The smallest absolute Gasteiger partial charge is 0.254 e. The molecular weight excluding hydrogens is 237 g/mol. The second kappa shape index (κ2) is 5.58. The summed E-state index contributed by atoms with van der Waals surface area (Å²) < 4.78 is 18.8. The first kappa shape index (κ1) is 12.5. The Morgan fingerprint density at radius 1 is 1.61 bits per heavy atom. The number of hydrogen-bond donors (Lipinski definition) is 2. The van der Waals surface area contributed by atoms with Gasteiger partial charge in [-0.15, -0.1) is 0 Å². The van der Waals surface area contributed by atoms with Gasteiger partial charge < -0.3 is 15.4 Å². The van der Waals surface area contributed by atoms with Crippen LogP contribution in [0.2, 0.25) is 0 Å². The summed E-state index contributed by atoms with van der Waals surface area (Å²) in [6.07, 6.45) is -0.617. The summed E-state index contributed by atoms with van der Waals surface area (Å²) in [6.45, 7) is 1.56.